The lowest BCUT2D eigenvalue weighted by molar-refractivity contribution is -0.116. The summed E-state index contributed by atoms with van der Waals surface area (Å²) in [5, 5.41) is 3.35. The van der Waals surface area contributed by atoms with Crippen LogP contribution in [0.3, 0.4) is 0 Å². The number of nitrogens with zero attached hydrogens (tertiary/aromatic N) is 1. The molecule has 0 bridgehead atoms. The molecule has 2 heterocycles. The van der Waals surface area contributed by atoms with Crippen LogP contribution in [0.2, 0.25) is 0 Å². The fourth-order valence-electron chi connectivity index (χ4n) is 3.70. The monoisotopic (exact) mass is 365 g/mol. The SMILES string of the molecule is CC(=O)N1CCCc2ccc(S(=O)(=O)NCCC3CCCNC3)cc21. The maximum Gasteiger partial charge on any atom is 0.240 e. The summed E-state index contributed by atoms with van der Waals surface area (Å²) in [5.74, 6) is 0.487. The van der Waals surface area contributed by atoms with E-state index in [1.165, 1.54) is 6.92 Å². The van der Waals surface area contributed by atoms with E-state index in [1.54, 1.807) is 17.0 Å². The van der Waals surface area contributed by atoms with Crippen molar-refractivity contribution < 1.29 is 13.2 Å². The molecule has 1 unspecified atom stereocenters. The lowest BCUT2D eigenvalue weighted by Crippen LogP contribution is -2.34. The van der Waals surface area contributed by atoms with Gasteiger partial charge in [-0.15, -0.1) is 0 Å². The van der Waals surface area contributed by atoms with E-state index in [0.717, 1.165) is 56.4 Å². The largest absolute Gasteiger partial charge is 0.316 e. The van der Waals surface area contributed by atoms with Gasteiger partial charge >= 0.3 is 0 Å². The van der Waals surface area contributed by atoms with Gasteiger partial charge in [-0.25, -0.2) is 13.1 Å². The summed E-state index contributed by atoms with van der Waals surface area (Å²) in [6.07, 6.45) is 4.94. The summed E-state index contributed by atoms with van der Waals surface area (Å²) in [6, 6.07) is 5.12. The van der Waals surface area contributed by atoms with Gasteiger partial charge < -0.3 is 10.2 Å². The van der Waals surface area contributed by atoms with Gasteiger partial charge in [-0.1, -0.05) is 6.07 Å². The third kappa shape index (κ3) is 4.40. The van der Waals surface area contributed by atoms with Crippen molar-refractivity contribution in [2.24, 2.45) is 5.92 Å². The number of benzene rings is 1. The van der Waals surface area contributed by atoms with Crippen LogP contribution in [0.4, 0.5) is 5.69 Å². The van der Waals surface area contributed by atoms with Gasteiger partial charge in [0.2, 0.25) is 15.9 Å². The highest BCUT2D eigenvalue weighted by molar-refractivity contribution is 7.89. The Bertz CT molecular complexity index is 727. The van der Waals surface area contributed by atoms with Crippen molar-refractivity contribution in [3.05, 3.63) is 23.8 Å². The number of aryl methyl sites for hydroxylation is 1. The number of hydrogen-bond acceptors (Lipinski definition) is 4. The zero-order valence-electron chi connectivity index (χ0n) is 14.8. The molecule has 0 spiro atoms. The van der Waals surface area contributed by atoms with E-state index in [0.29, 0.717) is 19.0 Å². The van der Waals surface area contributed by atoms with Crippen LogP contribution in [-0.4, -0.2) is 40.5 Å². The van der Waals surface area contributed by atoms with E-state index < -0.39 is 10.0 Å². The number of nitrogens with one attached hydrogen (secondary N) is 2. The Kier molecular flexibility index (Phi) is 5.76. The highest BCUT2D eigenvalue weighted by Crippen LogP contribution is 2.29. The minimum Gasteiger partial charge on any atom is -0.316 e. The van der Waals surface area contributed by atoms with Gasteiger partial charge in [-0.3, -0.25) is 4.79 Å². The quantitative estimate of drug-likeness (QED) is 0.832. The van der Waals surface area contributed by atoms with Crippen LogP contribution in [0.25, 0.3) is 0 Å². The standard InChI is InChI=1S/C18H27N3O3S/c1-14(22)21-11-3-5-16-6-7-17(12-18(16)21)25(23,24)20-10-8-15-4-2-9-19-13-15/h6-7,12,15,19-20H,2-5,8-11,13H2,1H3. The van der Waals surface area contributed by atoms with Crippen molar-refractivity contribution in [3.8, 4) is 0 Å². The molecule has 138 valence electrons. The first kappa shape index (κ1) is 18.4. The molecule has 0 aromatic heterocycles. The fraction of sp³-hybridized carbons (Fsp3) is 0.611. The molecule has 1 fully saturated rings. The molecule has 6 nitrogen and oxygen atoms in total. The average molecular weight is 365 g/mol. The maximum absolute atomic E-state index is 12.6. The Hall–Kier alpha value is -1.44. The topological polar surface area (TPSA) is 78.5 Å². The average Bonchev–Trinajstić information content (AvgIpc) is 2.61. The van der Waals surface area contributed by atoms with Crippen molar-refractivity contribution in [2.45, 2.75) is 43.9 Å². The molecular weight excluding hydrogens is 338 g/mol. The van der Waals surface area contributed by atoms with Crippen molar-refractivity contribution >= 4 is 21.6 Å². The van der Waals surface area contributed by atoms with E-state index in [2.05, 4.69) is 10.0 Å². The van der Waals surface area contributed by atoms with E-state index >= 15 is 0 Å². The molecule has 1 aromatic rings. The zero-order chi connectivity index (χ0) is 17.9. The van der Waals surface area contributed by atoms with Crippen molar-refractivity contribution in [1.82, 2.24) is 10.0 Å². The van der Waals surface area contributed by atoms with Gasteiger partial charge in [0.15, 0.2) is 0 Å². The van der Waals surface area contributed by atoms with Crippen LogP contribution >= 0.6 is 0 Å². The van der Waals surface area contributed by atoms with Gasteiger partial charge in [0.1, 0.15) is 0 Å². The Balaban J connectivity index is 1.69. The first-order valence-electron chi connectivity index (χ1n) is 9.09. The van der Waals surface area contributed by atoms with E-state index in [1.807, 2.05) is 6.07 Å². The van der Waals surface area contributed by atoms with E-state index in [-0.39, 0.29) is 10.8 Å². The van der Waals surface area contributed by atoms with Crippen LogP contribution in [-0.2, 0) is 21.2 Å². The number of piperidine rings is 1. The summed E-state index contributed by atoms with van der Waals surface area (Å²) in [5.41, 5.74) is 1.77. The Labute approximate surface area is 150 Å². The molecule has 25 heavy (non-hydrogen) atoms. The van der Waals surface area contributed by atoms with Crippen LogP contribution < -0.4 is 14.9 Å². The predicted octanol–water partition coefficient (Wildman–Crippen LogP) is 1.65. The summed E-state index contributed by atoms with van der Waals surface area (Å²) in [7, 11) is -3.55. The lowest BCUT2D eigenvalue weighted by Gasteiger charge is -2.29. The molecule has 2 aliphatic heterocycles. The second-order valence-electron chi connectivity index (χ2n) is 6.96. The van der Waals surface area contributed by atoms with Crippen LogP contribution in [0.5, 0.6) is 0 Å². The highest BCUT2D eigenvalue weighted by atomic mass is 32.2. The normalized spacial score (nSPS) is 21.0. The molecule has 1 saturated heterocycles. The van der Waals surface area contributed by atoms with E-state index in [4.69, 9.17) is 0 Å². The number of anilines is 1. The minimum atomic E-state index is -3.55. The number of carbonyl (C=O) groups is 1. The number of sulfonamides is 1. The second kappa shape index (κ2) is 7.85. The van der Waals surface area contributed by atoms with Crippen LogP contribution in [0.1, 0.15) is 38.2 Å². The second-order valence-corrected chi connectivity index (χ2v) is 8.73. The zero-order valence-corrected chi connectivity index (χ0v) is 15.6. The summed E-state index contributed by atoms with van der Waals surface area (Å²) >= 11 is 0. The van der Waals surface area contributed by atoms with Crippen LogP contribution in [0, 0.1) is 5.92 Å². The van der Waals surface area contributed by atoms with Crippen LogP contribution in [0.15, 0.2) is 23.1 Å². The molecule has 1 atom stereocenters. The molecule has 0 radical (unpaired) electrons. The first-order chi connectivity index (χ1) is 12.0. The molecule has 0 aliphatic carbocycles. The van der Waals surface area contributed by atoms with Gasteiger partial charge in [-0.2, -0.15) is 0 Å². The minimum absolute atomic E-state index is 0.0479. The number of amides is 1. The smallest absolute Gasteiger partial charge is 0.240 e. The molecule has 2 aliphatic rings. The Morgan fingerprint density at radius 2 is 2.20 bits per heavy atom. The predicted molar refractivity (Wildman–Crippen MR) is 98.2 cm³/mol. The Morgan fingerprint density at radius 1 is 1.36 bits per heavy atom. The third-order valence-electron chi connectivity index (χ3n) is 5.11. The van der Waals surface area contributed by atoms with Gasteiger partial charge in [-0.05, 0) is 68.8 Å². The van der Waals surface area contributed by atoms with Crippen molar-refractivity contribution in [2.75, 3.05) is 31.1 Å². The third-order valence-corrected chi connectivity index (χ3v) is 6.57. The maximum atomic E-state index is 12.6. The fourth-order valence-corrected chi connectivity index (χ4v) is 4.77. The van der Waals surface area contributed by atoms with Gasteiger partial charge in [0, 0.05) is 25.7 Å². The molecule has 2 N–H and O–H groups in total. The molecule has 0 saturated carbocycles. The summed E-state index contributed by atoms with van der Waals surface area (Å²) in [4.78, 5) is 13.7. The number of fused-ring (bicyclic) bond motifs is 1. The molecule has 3 rings (SSSR count). The highest BCUT2D eigenvalue weighted by Gasteiger charge is 2.23. The summed E-state index contributed by atoms with van der Waals surface area (Å²) in [6.45, 7) is 4.64. The Morgan fingerprint density at radius 3 is 2.92 bits per heavy atom. The van der Waals surface area contributed by atoms with E-state index in [9.17, 15) is 13.2 Å². The van der Waals surface area contributed by atoms with Crippen molar-refractivity contribution in [1.29, 1.82) is 0 Å². The van der Waals surface area contributed by atoms with Gasteiger partial charge in [0.25, 0.3) is 0 Å². The number of rotatable bonds is 5. The molecular formula is C18H27N3O3S. The van der Waals surface area contributed by atoms with Crippen molar-refractivity contribution in [3.63, 3.8) is 0 Å². The number of hydrogen-bond donors (Lipinski definition) is 2. The lowest BCUT2D eigenvalue weighted by atomic mass is 9.96. The molecule has 7 heteroatoms. The van der Waals surface area contributed by atoms with Gasteiger partial charge in [0.05, 0.1) is 4.90 Å². The molecule has 1 amide bonds. The number of carbonyl (C=O) groups excluding carboxylic acids is 1. The first-order valence-corrected chi connectivity index (χ1v) is 10.6. The summed E-state index contributed by atoms with van der Waals surface area (Å²) < 4.78 is 27.9. The molecule has 1 aromatic carbocycles.